The van der Waals surface area contributed by atoms with E-state index in [2.05, 4.69) is 4.98 Å². The van der Waals surface area contributed by atoms with Gasteiger partial charge in [0.15, 0.2) is 0 Å². The molecule has 0 fully saturated rings. The first-order chi connectivity index (χ1) is 18.1. The van der Waals surface area contributed by atoms with Gasteiger partial charge in [-0.25, -0.2) is 9.59 Å². The summed E-state index contributed by atoms with van der Waals surface area (Å²) in [5, 5.41) is 20.2. The Morgan fingerprint density at radius 2 is 1.97 bits per heavy atom. The number of aryl methyl sites for hydroxylation is 1. The number of aromatic nitrogens is 1. The lowest BCUT2D eigenvalue weighted by Gasteiger charge is -2.33. The Hall–Kier alpha value is -3.56. The molecule has 0 aliphatic carbocycles. The second kappa shape index (κ2) is 11.9. The van der Waals surface area contributed by atoms with Gasteiger partial charge < -0.3 is 24.6 Å². The van der Waals surface area contributed by atoms with E-state index >= 15 is 0 Å². The predicted molar refractivity (Wildman–Crippen MR) is 144 cm³/mol. The molecule has 0 saturated heterocycles. The number of pyridine rings is 1. The van der Waals surface area contributed by atoms with E-state index in [1.165, 1.54) is 16.7 Å². The van der Waals surface area contributed by atoms with Crippen LogP contribution in [0.5, 0.6) is 5.75 Å². The molecule has 2 atom stereocenters. The average Bonchev–Trinajstić information content (AvgIpc) is 2.88. The van der Waals surface area contributed by atoms with Crippen molar-refractivity contribution in [3.05, 3.63) is 83.7 Å². The summed E-state index contributed by atoms with van der Waals surface area (Å²) in [5.41, 5.74) is 1.23. The van der Waals surface area contributed by atoms with Crippen LogP contribution >= 0.6 is 11.8 Å². The van der Waals surface area contributed by atoms with Crippen LogP contribution < -0.4 is 4.74 Å². The van der Waals surface area contributed by atoms with E-state index < -0.39 is 23.8 Å². The van der Waals surface area contributed by atoms with Crippen LogP contribution in [0.2, 0.25) is 0 Å². The average molecular weight is 537 g/mol. The maximum atomic E-state index is 13.0. The molecule has 0 unspecified atom stereocenters. The van der Waals surface area contributed by atoms with Crippen molar-refractivity contribution < 1.29 is 29.3 Å². The topological polar surface area (TPSA) is 109 Å². The fourth-order valence-corrected chi connectivity index (χ4v) is 5.16. The van der Waals surface area contributed by atoms with E-state index in [1.807, 2.05) is 24.3 Å². The zero-order valence-electron chi connectivity index (χ0n) is 21.7. The molecule has 1 amide bonds. The fraction of sp³-hybridized carbons (Fsp3) is 0.345. The number of aliphatic hydroxyl groups excluding tert-OH is 1. The first-order valence-electron chi connectivity index (χ1n) is 12.4. The summed E-state index contributed by atoms with van der Waals surface area (Å²) in [6.07, 6.45) is 2.92. The number of fused-ring (bicyclic) bond motifs is 1. The van der Waals surface area contributed by atoms with Gasteiger partial charge in [0.25, 0.3) is 0 Å². The van der Waals surface area contributed by atoms with Crippen LogP contribution in [-0.4, -0.2) is 57.0 Å². The van der Waals surface area contributed by atoms with Crippen LogP contribution in [0.4, 0.5) is 4.79 Å². The third kappa shape index (κ3) is 7.26. The van der Waals surface area contributed by atoms with Gasteiger partial charge in [-0.15, -0.1) is 0 Å². The van der Waals surface area contributed by atoms with Crippen molar-refractivity contribution in [2.45, 2.75) is 61.2 Å². The molecule has 2 heterocycles. The standard InChI is InChI=1S/C29H32N2O6S/c1-29(2,3)37-28(35)31(18-24(32)20-7-6-14-30-16-20)17-21-11-10-19-15-22(12-13-25(19)36-21)38-26-9-5-4-8-23(26)27(33)34/h4-9,12-16,21,24,32H,10-11,17-18H2,1-3H3,(H,33,34)/t21-,24+/m1/s1. The van der Waals surface area contributed by atoms with Crippen LogP contribution in [0, 0.1) is 0 Å². The summed E-state index contributed by atoms with van der Waals surface area (Å²) in [4.78, 5) is 31.7. The van der Waals surface area contributed by atoms with Crippen LogP contribution in [0.1, 0.15) is 54.8 Å². The molecular formula is C29H32N2O6S. The largest absolute Gasteiger partial charge is 0.488 e. The Morgan fingerprint density at radius 1 is 1.18 bits per heavy atom. The number of carbonyl (C=O) groups excluding carboxylic acids is 1. The maximum absolute atomic E-state index is 13.0. The van der Waals surface area contributed by atoms with Gasteiger partial charge >= 0.3 is 12.1 Å². The van der Waals surface area contributed by atoms with Crippen LogP contribution in [0.3, 0.4) is 0 Å². The number of ether oxygens (including phenoxy) is 2. The minimum Gasteiger partial charge on any atom is -0.488 e. The van der Waals surface area contributed by atoms with E-state index in [4.69, 9.17) is 9.47 Å². The van der Waals surface area contributed by atoms with Crippen molar-refractivity contribution in [1.82, 2.24) is 9.88 Å². The highest BCUT2D eigenvalue weighted by Crippen LogP contribution is 2.36. The number of carboxylic acid groups (broad SMARTS) is 1. The smallest absolute Gasteiger partial charge is 0.410 e. The van der Waals surface area contributed by atoms with E-state index in [9.17, 15) is 19.8 Å². The molecule has 38 heavy (non-hydrogen) atoms. The van der Waals surface area contributed by atoms with E-state index in [0.29, 0.717) is 16.9 Å². The number of aromatic carboxylic acids is 1. The molecule has 1 aliphatic rings. The monoisotopic (exact) mass is 536 g/mol. The lowest BCUT2D eigenvalue weighted by Crippen LogP contribution is -2.45. The minimum absolute atomic E-state index is 0.0475. The Labute approximate surface area is 226 Å². The number of amides is 1. The summed E-state index contributed by atoms with van der Waals surface area (Å²) < 4.78 is 11.9. The Morgan fingerprint density at radius 3 is 2.68 bits per heavy atom. The number of benzene rings is 2. The third-order valence-electron chi connectivity index (χ3n) is 5.94. The Bertz CT molecular complexity index is 1280. The van der Waals surface area contributed by atoms with Gasteiger partial charge in [0.1, 0.15) is 17.5 Å². The van der Waals surface area contributed by atoms with Crippen LogP contribution in [-0.2, 0) is 11.2 Å². The van der Waals surface area contributed by atoms with Crippen LogP contribution in [0.25, 0.3) is 0 Å². The fourth-order valence-electron chi connectivity index (χ4n) is 4.16. The molecule has 0 spiro atoms. The minimum atomic E-state index is -0.958. The van der Waals surface area contributed by atoms with Crippen molar-refractivity contribution in [1.29, 1.82) is 0 Å². The SMILES string of the molecule is CC(C)(C)OC(=O)N(C[C@H]1CCc2cc(Sc3ccccc3C(=O)O)ccc2O1)C[C@H](O)c1cccnc1. The lowest BCUT2D eigenvalue weighted by atomic mass is 10.0. The Balaban J connectivity index is 1.46. The van der Waals surface area contributed by atoms with E-state index in [1.54, 1.807) is 63.5 Å². The molecule has 9 heteroatoms. The van der Waals surface area contributed by atoms with Gasteiger partial charge in [-0.3, -0.25) is 4.98 Å². The lowest BCUT2D eigenvalue weighted by molar-refractivity contribution is 0.00363. The van der Waals surface area contributed by atoms with Gasteiger partial charge in [0.2, 0.25) is 0 Å². The number of aliphatic hydroxyl groups is 1. The van der Waals surface area contributed by atoms with Gasteiger partial charge in [-0.2, -0.15) is 0 Å². The molecule has 8 nitrogen and oxygen atoms in total. The summed E-state index contributed by atoms with van der Waals surface area (Å²) in [6, 6.07) is 16.2. The van der Waals surface area contributed by atoms with Gasteiger partial charge in [-0.1, -0.05) is 30.0 Å². The molecule has 1 aliphatic heterocycles. The second-order valence-corrected chi connectivity index (χ2v) is 11.3. The van der Waals surface area contributed by atoms with Crippen molar-refractivity contribution >= 4 is 23.8 Å². The molecule has 0 saturated carbocycles. The number of carbonyl (C=O) groups is 2. The second-order valence-electron chi connectivity index (χ2n) is 10.1. The third-order valence-corrected chi connectivity index (χ3v) is 7.01. The van der Waals surface area contributed by atoms with Gasteiger partial charge in [0.05, 0.1) is 24.8 Å². The molecule has 0 bridgehead atoms. The van der Waals surface area contributed by atoms with Crippen molar-refractivity contribution in [2.75, 3.05) is 13.1 Å². The highest BCUT2D eigenvalue weighted by molar-refractivity contribution is 7.99. The summed E-state index contributed by atoms with van der Waals surface area (Å²) in [5.74, 6) is -0.227. The first-order valence-corrected chi connectivity index (χ1v) is 13.3. The van der Waals surface area contributed by atoms with Crippen molar-refractivity contribution in [3.8, 4) is 5.75 Å². The van der Waals surface area contributed by atoms with E-state index in [-0.39, 0.29) is 24.8 Å². The zero-order valence-corrected chi connectivity index (χ0v) is 22.5. The molecule has 4 rings (SSSR count). The molecule has 0 radical (unpaired) electrons. The van der Waals surface area contributed by atoms with Gasteiger partial charge in [-0.05, 0) is 75.6 Å². The molecule has 1 aromatic heterocycles. The Kier molecular flexibility index (Phi) is 8.58. The van der Waals surface area contributed by atoms with E-state index in [0.717, 1.165) is 22.6 Å². The normalized spacial score (nSPS) is 15.6. The zero-order chi connectivity index (χ0) is 27.3. The number of hydrogen-bond donors (Lipinski definition) is 2. The molecule has 3 aromatic rings. The molecule has 2 aromatic carbocycles. The molecular weight excluding hydrogens is 504 g/mol. The van der Waals surface area contributed by atoms with Crippen molar-refractivity contribution in [3.63, 3.8) is 0 Å². The highest BCUT2D eigenvalue weighted by Gasteiger charge is 2.29. The highest BCUT2D eigenvalue weighted by atomic mass is 32.2. The van der Waals surface area contributed by atoms with Crippen molar-refractivity contribution in [2.24, 2.45) is 0 Å². The quantitative estimate of drug-likeness (QED) is 0.383. The number of carboxylic acids is 1. The predicted octanol–water partition coefficient (Wildman–Crippen LogP) is 5.60. The first kappa shape index (κ1) is 27.5. The summed E-state index contributed by atoms with van der Waals surface area (Å²) >= 11 is 1.40. The number of nitrogens with zero attached hydrogens (tertiary/aromatic N) is 2. The molecule has 2 N–H and O–H groups in total. The number of hydrogen-bond acceptors (Lipinski definition) is 7. The number of rotatable bonds is 8. The van der Waals surface area contributed by atoms with Gasteiger partial charge in [0, 0.05) is 27.7 Å². The summed E-state index contributed by atoms with van der Waals surface area (Å²) in [7, 11) is 0. The maximum Gasteiger partial charge on any atom is 0.410 e. The summed E-state index contributed by atoms with van der Waals surface area (Å²) in [6.45, 7) is 5.72. The van der Waals surface area contributed by atoms with Crippen LogP contribution in [0.15, 0.2) is 76.8 Å². The molecule has 200 valence electrons.